The molecule has 0 amide bonds. The van der Waals surface area contributed by atoms with Gasteiger partial charge in [0.15, 0.2) is 0 Å². The molecule has 20 heavy (non-hydrogen) atoms. The first-order valence-electron chi connectivity index (χ1n) is 5.42. The summed E-state index contributed by atoms with van der Waals surface area (Å²) in [7, 11) is 0. The summed E-state index contributed by atoms with van der Waals surface area (Å²) in [6.07, 6.45) is 0. The van der Waals surface area contributed by atoms with Gasteiger partial charge in [-0.1, -0.05) is 11.6 Å². The number of halogens is 2. The van der Waals surface area contributed by atoms with Crippen LogP contribution in [0.5, 0.6) is 0 Å². The van der Waals surface area contributed by atoms with Crippen molar-refractivity contribution in [2.45, 2.75) is 0 Å². The predicted molar refractivity (Wildman–Crippen MR) is 80.2 cm³/mol. The summed E-state index contributed by atoms with van der Waals surface area (Å²) < 4.78 is 0.733. The third kappa shape index (κ3) is 3.07. The van der Waals surface area contributed by atoms with E-state index in [-0.39, 0.29) is 11.3 Å². The van der Waals surface area contributed by atoms with Gasteiger partial charge < -0.3 is 5.32 Å². The fraction of sp³-hybridized carbons (Fsp3) is 0. The Morgan fingerprint density at radius 2 is 2.05 bits per heavy atom. The number of nitriles is 1. The number of nitrogens with zero attached hydrogens (tertiary/aromatic N) is 2. The van der Waals surface area contributed by atoms with Crippen molar-refractivity contribution in [2.75, 3.05) is 5.32 Å². The molecule has 0 saturated carbocycles. The van der Waals surface area contributed by atoms with Crippen LogP contribution in [0.25, 0.3) is 0 Å². The van der Waals surface area contributed by atoms with Crippen LogP contribution in [0, 0.1) is 21.4 Å². The largest absolute Gasteiger partial charge is 0.354 e. The minimum Gasteiger partial charge on any atom is -0.354 e. The summed E-state index contributed by atoms with van der Waals surface area (Å²) in [5.41, 5.74) is 1.02. The van der Waals surface area contributed by atoms with E-state index in [0.717, 1.165) is 4.47 Å². The van der Waals surface area contributed by atoms with Gasteiger partial charge in [0, 0.05) is 21.2 Å². The maximum absolute atomic E-state index is 10.9. The zero-order valence-corrected chi connectivity index (χ0v) is 12.3. The van der Waals surface area contributed by atoms with E-state index in [1.54, 1.807) is 30.3 Å². The topological polar surface area (TPSA) is 79.0 Å². The van der Waals surface area contributed by atoms with E-state index < -0.39 is 4.92 Å². The summed E-state index contributed by atoms with van der Waals surface area (Å²) in [5, 5.41) is 23.3. The molecule has 0 spiro atoms. The minimum absolute atomic E-state index is 0.0238. The zero-order valence-electron chi connectivity index (χ0n) is 9.93. The van der Waals surface area contributed by atoms with Gasteiger partial charge in [-0.2, -0.15) is 5.26 Å². The number of rotatable bonds is 3. The van der Waals surface area contributed by atoms with Crippen molar-refractivity contribution in [3.63, 3.8) is 0 Å². The lowest BCUT2D eigenvalue weighted by Gasteiger charge is -2.09. The van der Waals surface area contributed by atoms with Gasteiger partial charge in [-0.15, -0.1) is 0 Å². The van der Waals surface area contributed by atoms with E-state index in [2.05, 4.69) is 21.2 Å². The lowest BCUT2D eigenvalue weighted by molar-refractivity contribution is -0.385. The zero-order chi connectivity index (χ0) is 14.7. The van der Waals surface area contributed by atoms with E-state index in [4.69, 9.17) is 16.9 Å². The number of nitrogens with one attached hydrogen (secondary N) is 1. The highest BCUT2D eigenvalue weighted by atomic mass is 79.9. The van der Waals surface area contributed by atoms with Gasteiger partial charge in [-0.05, 0) is 46.3 Å². The molecule has 0 aliphatic carbocycles. The van der Waals surface area contributed by atoms with Crippen molar-refractivity contribution < 1.29 is 4.92 Å². The van der Waals surface area contributed by atoms with Crippen LogP contribution in [0.2, 0.25) is 5.02 Å². The average Bonchev–Trinajstić information content (AvgIpc) is 2.41. The van der Waals surface area contributed by atoms with E-state index in [9.17, 15) is 10.1 Å². The first-order chi connectivity index (χ1) is 9.51. The molecule has 2 rings (SSSR count). The molecule has 0 aliphatic heterocycles. The molecule has 0 bridgehead atoms. The molecule has 0 aliphatic rings. The Hall–Kier alpha value is -2.10. The highest BCUT2D eigenvalue weighted by Crippen LogP contribution is 2.30. The molecule has 0 aromatic heterocycles. The molecule has 0 atom stereocenters. The Kier molecular flexibility index (Phi) is 4.23. The Balaban J connectivity index is 2.37. The van der Waals surface area contributed by atoms with Gasteiger partial charge >= 0.3 is 0 Å². The lowest BCUT2D eigenvalue weighted by Crippen LogP contribution is -1.96. The second kappa shape index (κ2) is 5.90. The molecule has 2 aromatic carbocycles. The Labute approximate surface area is 128 Å². The summed E-state index contributed by atoms with van der Waals surface area (Å²) in [5.74, 6) is 0. The molecule has 2 aromatic rings. The minimum atomic E-state index is -0.583. The van der Waals surface area contributed by atoms with E-state index in [1.807, 2.05) is 0 Å². The Bertz CT molecular complexity index is 728. The number of anilines is 2. The molecule has 0 heterocycles. The highest BCUT2D eigenvalue weighted by Gasteiger charge is 2.14. The van der Waals surface area contributed by atoms with Gasteiger partial charge in [0.25, 0.3) is 5.69 Å². The van der Waals surface area contributed by atoms with Gasteiger partial charge in [-0.25, -0.2) is 0 Å². The van der Waals surface area contributed by atoms with E-state index in [0.29, 0.717) is 16.4 Å². The number of hydrogen-bond acceptors (Lipinski definition) is 4. The molecule has 1 N–H and O–H groups in total. The molecular formula is C13H7BrClN3O2. The van der Waals surface area contributed by atoms with Crippen molar-refractivity contribution in [3.8, 4) is 6.07 Å². The molecule has 0 radical (unpaired) electrons. The molecule has 5 nitrogen and oxygen atoms in total. The molecule has 100 valence electrons. The number of nitro groups is 1. The van der Waals surface area contributed by atoms with Crippen LogP contribution >= 0.6 is 27.5 Å². The van der Waals surface area contributed by atoms with Crippen LogP contribution in [0.3, 0.4) is 0 Å². The van der Waals surface area contributed by atoms with Crippen molar-refractivity contribution >= 4 is 44.6 Å². The second-order valence-corrected chi connectivity index (χ2v) is 5.14. The first kappa shape index (κ1) is 14.3. The standard InChI is InChI=1S/C13H7BrClN3O2/c14-11-5-9(15)2-4-12(11)17-10-3-1-8(7-16)13(6-10)18(19)20/h1-6,17H. The van der Waals surface area contributed by atoms with Crippen LogP contribution in [-0.2, 0) is 0 Å². The van der Waals surface area contributed by atoms with Gasteiger partial charge in [-0.3, -0.25) is 10.1 Å². The predicted octanol–water partition coefficient (Wildman–Crippen LogP) is 4.63. The third-order valence-electron chi connectivity index (χ3n) is 2.53. The molecular weight excluding hydrogens is 346 g/mol. The monoisotopic (exact) mass is 351 g/mol. The van der Waals surface area contributed by atoms with Crippen molar-refractivity contribution in [2.24, 2.45) is 0 Å². The fourth-order valence-corrected chi connectivity index (χ4v) is 2.38. The van der Waals surface area contributed by atoms with E-state index >= 15 is 0 Å². The third-order valence-corrected chi connectivity index (χ3v) is 3.42. The average molecular weight is 353 g/mol. The lowest BCUT2D eigenvalue weighted by atomic mass is 10.1. The summed E-state index contributed by atoms with van der Waals surface area (Å²) >= 11 is 9.19. The fourth-order valence-electron chi connectivity index (χ4n) is 1.60. The SMILES string of the molecule is N#Cc1ccc(Nc2ccc(Cl)cc2Br)cc1[N+](=O)[O-]. The first-order valence-corrected chi connectivity index (χ1v) is 6.59. The molecule has 0 unspecified atom stereocenters. The summed E-state index contributed by atoms with van der Waals surface area (Å²) in [6.45, 7) is 0. The van der Waals surface area contributed by atoms with E-state index in [1.165, 1.54) is 12.1 Å². The summed E-state index contributed by atoms with van der Waals surface area (Å²) in [4.78, 5) is 10.3. The maximum Gasteiger partial charge on any atom is 0.289 e. The molecule has 0 fully saturated rings. The smallest absolute Gasteiger partial charge is 0.289 e. The highest BCUT2D eigenvalue weighted by molar-refractivity contribution is 9.10. The quantitative estimate of drug-likeness (QED) is 0.645. The van der Waals surface area contributed by atoms with Gasteiger partial charge in [0.2, 0.25) is 0 Å². The van der Waals surface area contributed by atoms with Crippen LogP contribution in [0.15, 0.2) is 40.9 Å². The Morgan fingerprint density at radius 3 is 2.65 bits per heavy atom. The number of nitro benzene ring substituents is 1. The van der Waals surface area contributed by atoms with Crippen molar-refractivity contribution in [1.29, 1.82) is 5.26 Å². The van der Waals surface area contributed by atoms with Crippen LogP contribution in [0.4, 0.5) is 17.1 Å². The maximum atomic E-state index is 10.9. The molecule has 7 heteroatoms. The molecule has 0 saturated heterocycles. The van der Waals surface area contributed by atoms with Crippen LogP contribution in [-0.4, -0.2) is 4.92 Å². The normalized spacial score (nSPS) is 9.85. The number of hydrogen-bond donors (Lipinski definition) is 1. The van der Waals surface area contributed by atoms with Gasteiger partial charge in [0.05, 0.1) is 10.6 Å². The van der Waals surface area contributed by atoms with Gasteiger partial charge in [0.1, 0.15) is 11.6 Å². The Morgan fingerprint density at radius 1 is 1.30 bits per heavy atom. The number of benzene rings is 2. The second-order valence-electron chi connectivity index (χ2n) is 3.85. The summed E-state index contributed by atoms with van der Waals surface area (Å²) in [6, 6.07) is 11.3. The van der Waals surface area contributed by atoms with Crippen molar-refractivity contribution in [3.05, 3.63) is 61.6 Å². The van der Waals surface area contributed by atoms with Crippen LogP contribution < -0.4 is 5.32 Å². The van der Waals surface area contributed by atoms with Crippen LogP contribution in [0.1, 0.15) is 5.56 Å². The van der Waals surface area contributed by atoms with Crippen molar-refractivity contribution in [1.82, 2.24) is 0 Å².